The van der Waals surface area contributed by atoms with Gasteiger partial charge in [-0.2, -0.15) is 0 Å². The molecule has 1 aliphatic rings. The van der Waals surface area contributed by atoms with Gasteiger partial charge in [-0.3, -0.25) is 14.5 Å². The number of nitrogens with zero attached hydrogens (tertiary/aromatic N) is 1. The Morgan fingerprint density at radius 1 is 1.00 bits per heavy atom. The number of nitrogens with one attached hydrogen (secondary N) is 1. The van der Waals surface area contributed by atoms with Crippen LogP contribution in [0.4, 0.5) is 11.4 Å². The minimum absolute atomic E-state index is 0.211. The van der Waals surface area contributed by atoms with Crippen LogP contribution in [-0.4, -0.2) is 30.6 Å². The minimum Gasteiger partial charge on any atom is -0.497 e. The number of anilines is 2. The zero-order valence-electron chi connectivity index (χ0n) is 15.8. The van der Waals surface area contributed by atoms with Crippen LogP contribution in [-0.2, 0) is 15.2 Å². The third kappa shape index (κ3) is 3.23. The first-order valence-electron chi connectivity index (χ1n) is 9.17. The molecule has 0 aliphatic carbocycles. The lowest BCUT2D eigenvalue weighted by Crippen LogP contribution is -2.44. The van der Waals surface area contributed by atoms with Crippen LogP contribution in [0.2, 0.25) is 0 Å². The van der Waals surface area contributed by atoms with Crippen molar-refractivity contribution in [2.75, 3.05) is 23.9 Å². The van der Waals surface area contributed by atoms with Crippen molar-refractivity contribution >= 4 is 23.2 Å². The second-order valence-corrected chi connectivity index (χ2v) is 6.76. The van der Waals surface area contributed by atoms with Crippen molar-refractivity contribution in [3.63, 3.8) is 0 Å². The van der Waals surface area contributed by atoms with E-state index < -0.39 is 11.5 Å². The summed E-state index contributed by atoms with van der Waals surface area (Å²) in [7, 11) is 1.57. The molecule has 1 atom stereocenters. The number of rotatable bonds is 5. The van der Waals surface area contributed by atoms with E-state index in [4.69, 9.17) is 4.74 Å². The molecule has 0 bridgehead atoms. The molecule has 6 nitrogen and oxygen atoms in total. The van der Waals surface area contributed by atoms with Crippen molar-refractivity contribution < 1.29 is 19.4 Å². The van der Waals surface area contributed by atoms with Gasteiger partial charge in [-0.1, -0.05) is 48.5 Å². The van der Waals surface area contributed by atoms with Crippen LogP contribution in [0.3, 0.4) is 0 Å². The Balaban J connectivity index is 1.61. The van der Waals surface area contributed by atoms with E-state index in [0.29, 0.717) is 28.3 Å². The lowest BCUT2D eigenvalue weighted by Gasteiger charge is -2.23. The van der Waals surface area contributed by atoms with E-state index in [1.165, 1.54) is 4.90 Å². The Morgan fingerprint density at radius 2 is 1.66 bits per heavy atom. The summed E-state index contributed by atoms with van der Waals surface area (Å²) < 4.78 is 5.11. The maximum Gasteiger partial charge on any atom is 0.268 e. The molecule has 0 saturated carbocycles. The molecule has 0 saturated heterocycles. The third-order valence-electron chi connectivity index (χ3n) is 5.01. The van der Waals surface area contributed by atoms with Crippen molar-refractivity contribution in [3.05, 3.63) is 90.0 Å². The monoisotopic (exact) mass is 388 g/mol. The number of carbonyl (C=O) groups excluding carboxylic acids is 2. The number of ether oxygens (including phenoxy) is 1. The van der Waals surface area contributed by atoms with E-state index in [2.05, 4.69) is 5.32 Å². The summed E-state index contributed by atoms with van der Waals surface area (Å²) >= 11 is 0. The summed E-state index contributed by atoms with van der Waals surface area (Å²) in [5.41, 5.74) is 0.227. The molecule has 2 amide bonds. The first-order chi connectivity index (χ1) is 14.0. The molecular weight excluding hydrogens is 368 g/mol. The largest absolute Gasteiger partial charge is 0.497 e. The molecule has 1 aliphatic heterocycles. The topological polar surface area (TPSA) is 78.9 Å². The highest BCUT2D eigenvalue weighted by molar-refractivity contribution is 6.12. The molecule has 0 fully saturated rings. The number of para-hydroxylation sites is 1. The molecule has 0 spiro atoms. The third-order valence-corrected chi connectivity index (χ3v) is 5.01. The van der Waals surface area contributed by atoms with Crippen molar-refractivity contribution in [2.45, 2.75) is 5.60 Å². The van der Waals surface area contributed by atoms with Crippen molar-refractivity contribution in [1.82, 2.24) is 0 Å². The Kier molecular flexibility index (Phi) is 4.78. The molecule has 0 radical (unpaired) electrons. The SMILES string of the molecule is COc1ccc(NC(=O)CN2C(=O)[C@](O)(c3ccccc3)c3ccccc32)cc1. The lowest BCUT2D eigenvalue weighted by atomic mass is 9.88. The van der Waals surface area contributed by atoms with Gasteiger partial charge in [-0.25, -0.2) is 0 Å². The number of hydrogen-bond donors (Lipinski definition) is 2. The predicted molar refractivity (Wildman–Crippen MR) is 110 cm³/mol. The van der Waals surface area contributed by atoms with Gasteiger partial charge in [0.05, 0.1) is 12.8 Å². The maximum absolute atomic E-state index is 13.2. The number of hydrogen-bond acceptors (Lipinski definition) is 4. The number of aliphatic hydroxyl groups is 1. The molecule has 0 aromatic heterocycles. The van der Waals surface area contributed by atoms with Gasteiger partial charge in [-0.15, -0.1) is 0 Å². The number of amides is 2. The molecule has 4 rings (SSSR count). The predicted octanol–water partition coefficient (Wildman–Crippen LogP) is 2.92. The van der Waals surface area contributed by atoms with Gasteiger partial charge < -0.3 is 15.2 Å². The Bertz CT molecular complexity index is 1050. The highest BCUT2D eigenvalue weighted by Crippen LogP contribution is 2.44. The van der Waals surface area contributed by atoms with Gasteiger partial charge in [-0.05, 0) is 35.9 Å². The summed E-state index contributed by atoms with van der Waals surface area (Å²) in [4.78, 5) is 27.2. The van der Waals surface area contributed by atoms with E-state index in [9.17, 15) is 14.7 Å². The van der Waals surface area contributed by atoms with E-state index in [1.807, 2.05) is 6.07 Å². The average Bonchev–Trinajstić information content (AvgIpc) is 2.98. The summed E-state index contributed by atoms with van der Waals surface area (Å²) in [6.07, 6.45) is 0. The first-order valence-corrected chi connectivity index (χ1v) is 9.17. The minimum atomic E-state index is -1.82. The van der Waals surface area contributed by atoms with Crippen LogP contribution in [0.25, 0.3) is 0 Å². The average molecular weight is 388 g/mol. The smallest absolute Gasteiger partial charge is 0.268 e. The van der Waals surface area contributed by atoms with Gasteiger partial charge in [0.15, 0.2) is 5.60 Å². The maximum atomic E-state index is 13.2. The first kappa shape index (κ1) is 18.7. The molecule has 1 heterocycles. The van der Waals surface area contributed by atoms with Gasteiger partial charge in [0.2, 0.25) is 5.91 Å². The lowest BCUT2D eigenvalue weighted by molar-refractivity contribution is -0.133. The summed E-state index contributed by atoms with van der Waals surface area (Å²) in [6.45, 7) is -0.211. The quantitative estimate of drug-likeness (QED) is 0.704. The second kappa shape index (κ2) is 7.41. The molecular formula is C23H20N2O4. The van der Waals surface area contributed by atoms with Gasteiger partial charge in [0.1, 0.15) is 12.3 Å². The van der Waals surface area contributed by atoms with Crippen molar-refractivity contribution in [2.24, 2.45) is 0 Å². The normalized spacial score (nSPS) is 17.7. The van der Waals surface area contributed by atoms with Gasteiger partial charge in [0.25, 0.3) is 5.91 Å². The van der Waals surface area contributed by atoms with Crippen LogP contribution in [0, 0.1) is 0 Å². The summed E-state index contributed by atoms with van der Waals surface area (Å²) in [6, 6.07) is 22.6. The Labute approximate surface area is 168 Å². The van der Waals surface area contributed by atoms with Gasteiger partial charge in [0, 0.05) is 11.3 Å². The van der Waals surface area contributed by atoms with E-state index in [-0.39, 0.29) is 12.5 Å². The van der Waals surface area contributed by atoms with Crippen LogP contribution in [0.1, 0.15) is 11.1 Å². The standard InChI is InChI=1S/C23H20N2O4/c1-29-18-13-11-17(12-14-18)24-21(26)15-25-20-10-6-5-9-19(20)23(28,22(25)27)16-7-3-2-4-8-16/h2-14,28H,15H2,1H3,(H,24,26)/t23-/m0/s1. The Hall–Kier alpha value is -3.64. The van der Waals surface area contributed by atoms with Crippen LogP contribution >= 0.6 is 0 Å². The van der Waals surface area contributed by atoms with Gasteiger partial charge >= 0.3 is 0 Å². The number of fused-ring (bicyclic) bond motifs is 1. The zero-order valence-corrected chi connectivity index (χ0v) is 15.8. The number of carbonyl (C=O) groups is 2. The molecule has 3 aromatic carbocycles. The van der Waals surface area contributed by atoms with E-state index in [0.717, 1.165) is 0 Å². The number of benzene rings is 3. The number of methoxy groups -OCH3 is 1. The van der Waals surface area contributed by atoms with Crippen molar-refractivity contribution in [3.8, 4) is 5.75 Å². The molecule has 0 unspecified atom stereocenters. The summed E-state index contributed by atoms with van der Waals surface area (Å²) in [5.74, 6) is -0.231. The molecule has 29 heavy (non-hydrogen) atoms. The zero-order chi connectivity index (χ0) is 20.4. The van der Waals surface area contributed by atoms with Crippen LogP contribution in [0.15, 0.2) is 78.9 Å². The van der Waals surface area contributed by atoms with E-state index in [1.54, 1.807) is 79.9 Å². The molecule has 2 N–H and O–H groups in total. The highest BCUT2D eigenvalue weighted by Gasteiger charge is 2.51. The molecule has 6 heteroatoms. The molecule has 3 aromatic rings. The highest BCUT2D eigenvalue weighted by atomic mass is 16.5. The molecule has 146 valence electrons. The Morgan fingerprint density at radius 3 is 2.34 bits per heavy atom. The summed E-state index contributed by atoms with van der Waals surface area (Å²) in [5, 5.41) is 14.1. The fourth-order valence-electron chi connectivity index (χ4n) is 3.57. The van der Waals surface area contributed by atoms with E-state index >= 15 is 0 Å². The fourth-order valence-corrected chi connectivity index (χ4v) is 3.57. The van der Waals surface area contributed by atoms with Crippen LogP contribution < -0.4 is 15.0 Å². The fraction of sp³-hybridized carbons (Fsp3) is 0.130. The van der Waals surface area contributed by atoms with Crippen molar-refractivity contribution in [1.29, 1.82) is 0 Å². The van der Waals surface area contributed by atoms with Crippen LogP contribution in [0.5, 0.6) is 5.75 Å². The second-order valence-electron chi connectivity index (χ2n) is 6.76.